The Morgan fingerprint density at radius 1 is 1.14 bits per heavy atom. The van der Waals surface area contributed by atoms with Crippen LogP contribution in [0.15, 0.2) is 18.2 Å². The Kier molecular flexibility index (Phi) is 3.87. The van der Waals surface area contributed by atoms with E-state index in [9.17, 15) is 4.79 Å². The molecule has 76 valence electrons. The van der Waals surface area contributed by atoms with E-state index in [0.29, 0.717) is 5.78 Å². The first-order chi connectivity index (χ1) is 6.77. The molecule has 0 saturated heterocycles. The molecule has 0 spiro atoms. The number of carbonyl (C=O) groups excluding carboxylic acids is 1. The Bertz CT molecular complexity index is 326. The molecule has 0 amide bonds. The summed E-state index contributed by atoms with van der Waals surface area (Å²) in [7, 11) is 0. The molecule has 0 fully saturated rings. The molecular formula is C13H18O. The highest BCUT2D eigenvalue weighted by atomic mass is 16.1. The summed E-state index contributed by atoms with van der Waals surface area (Å²) in [5.74, 6) is 0.316. The van der Waals surface area contributed by atoms with Crippen molar-refractivity contribution in [3.63, 3.8) is 0 Å². The summed E-state index contributed by atoms with van der Waals surface area (Å²) in [4.78, 5) is 11.4. The molecule has 0 N–H and O–H groups in total. The molecule has 1 heteroatoms. The zero-order valence-corrected chi connectivity index (χ0v) is 9.26. The number of hydrogen-bond donors (Lipinski definition) is 0. The van der Waals surface area contributed by atoms with Crippen LogP contribution in [0.2, 0.25) is 0 Å². The van der Waals surface area contributed by atoms with Crippen molar-refractivity contribution in [2.24, 2.45) is 0 Å². The topological polar surface area (TPSA) is 17.1 Å². The van der Waals surface area contributed by atoms with Gasteiger partial charge in [0.15, 0.2) is 5.78 Å². The van der Waals surface area contributed by atoms with Gasteiger partial charge < -0.3 is 0 Å². The van der Waals surface area contributed by atoms with Gasteiger partial charge in [-0.3, -0.25) is 4.79 Å². The first-order valence-electron chi connectivity index (χ1n) is 5.40. The van der Waals surface area contributed by atoms with Crippen molar-refractivity contribution in [3.8, 4) is 0 Å². The van der Waals surface area contributed by atoms with Crippen LogP contribution >= 0.6 is 0 Å². The largest absolute Gasteiger partial charge is 0.294 e. The fourth-order valence-corrected chi connectivity index (χ4v) is 1.78. The molecule has 1 aromatic rings. The van der Waals surface area contributed by atoms with Crippen LogP contribution in [0.3, 0.4) is 0 Å². The summed E-state index contributed by atoms with van der Waals surface area (Å²) < 4.78 is 0. The SMILES string of the molecule is CC.Cc1ccc2c(c1)CCCC2=O. The highest BCUT2D eigenvalue weighted by Crippen LogP contribution is 2.21. The van der Waals surface area contributed by atoms with Crippen molar-refractivity contribution in [1.29, 1.82) is 0 Å². The number of rotatable bonds is 0. The molecular weight excluding hydrogens is 172 g/mol. The monoisotopic (exact) mass is 190 g/mol. The van der Waals surface area contributed by atoms with Crippen molar-refractivity contribution in [2.45, 2.75) is 40.0 Å². The van der Waals surface area contributed by atoms with E-state index in [4.69, 9.17) is 0 Å². The molecule has 0 aliphatic heterocycles. The highest BCUT2D eigenvalue weighted by Gasteiger charge is 2.15. The van der Waals surface area contributed by atoms with Crippen molar-refractivity contribution in [1.82, 2.24) is 0 Å². The van der Waals surface area contributed by atoms with E-state index in [1.165, 1.54) is 11.1 Å². The number of Topliss-reactive ketones (excluding diaryl/α,β-unsaturated/α-hetero) is 1. The highest BCUT2D eigenvalue weighted by molar-refractivity contribution is 5.98. The van der Waals surface area contributed by atoms with Crippen molar-refractivity contribution in [2.75, 3.05) is 0 Å². The van der Waals surface area contributed by atoms with E-state index >= 15 is 0 Å². The summed E-state index contributed by atoms with van der Waals surface area (Å²) >= 11 is 0. The number of carbonyl (C=O) groups is 1. The van der Waals surface area contributed by atoms with E-state index in [1.807, 2.05) is 26.0 Å². The molecule has 0 heterocycles. The molecule has 0 saturated carbocycles. The van der Waals surface area contributed by atoms with Crippen LogP contribution in [0, 0.1) is 6.92 Å². The Morgan fingerprint density at radius 2 is 1.86 bits per heavy atom. The lowest BCUT2D eigenvalue weighted by Gasteiger charge is -2.14. The Hall–Kier alpha value is -1.11. The van der Waals surface area contributed by atoms with E-state index in [1.54, 1.807) is 0 Å². The maximum absolute atomic E-state index is 11.4. The molecule has 1 aliphatic carbocycles. The van der Waals surface area contributed by atoms with Crippen molar-refractivity contribution >= 4 is 5.78 Å². The molecule has 0 atom stereocenters. The van der Waals surface area contributed by atoms with Gasteiger partial charge in [-0.25, -0.2) is 0 Å². The van der Waals surface area contributed by atoms with Crippen LogP contribution in [0.25, 0.3) is 0 Å². The third kappa shape index (κ3) is 2.22. The maximum Gasteiger partial charge on any atom is 0.163 e. The van der Waals surface area contributed by atoms with Crippen molar-refractivity contribution < 1.29 is 4.79 Å². The smallest absolute Gasteiger partial charge is 0.163 e. The number of ketones is 1. The van der Waals surface area contributed by atoms with Gasteiger partial charge in [-0.1, -0.05) is 37.6 Å². The van der Waals surface area contributed by atoms with Crippen LogP contribution in [-0.4, -0.2) is 5.78 Å². The normalized spacial score (nSPS) is 14.1. The zero-order chi connectivity index (χ0) is 10.6. The molecule has 1 nitrogen and oxygen atoms in total. The van der Waals surface area contributed by atoms with Gasteiger partial charge in [0.05, 0.1) is 0 Å². The summed E-state index contributed by atoms with van der Waals surface area (Å²) in [6.07, 6.45) is 2.83. The molecule has 2 rings (SSSR count). The summed E-state index contributed by atoms with van der Waals surface area (Å²) in [6, 6.07) is 6.11. The lowest BCUT2D eigenvalue weighted by molar-refractivity contribution is 0.0972. The van der Waals surface area contributed by atoms with E-state index in [0.717, 1.165) is 24.8 Å². The van der Waals surface area contributed by atoms with Crippen LogP contribution in [0.1, 0.15) is 48.2 Å². The van der Waals surface area contributed by atoms with E-state index in [-0.39, 0.29) is 0 Å². The molecule has 0 aromatic heterocycles. The minimum Gasteiger partial charge on any atom is -0.294 e. The third-order valence-electron chi connectivity index (χ3n) is 2.41. The Balaban J connectivity index is 0.000000461. The molecule has 0 unspecified atom stereocenters. The van der Waals surface area contributed by atoms with E-state index in [2.05, 4.69) is 13.0 Å². The van der Waals surface area contributed by atoms with Gasteiger partial charge in [-0.15, -0.1) is 0 Å². The molecule has 1 aromatic carbocycles. The third-order valence-corrected chi connectivity index (χ3v) is 2.41. The van der Waals surface area contributed by atoms with Crippen LogP contribution < -0.4 is 0 Å². The van der Waals surface area contributed by atoms with Crippen LogP contribution in [0.4, 0.5) is 0 Å². The lowest BCUT2D eigenvalue weighted by atomic mass is 9.90. The molecule has 0 radical (unpaired) electrons. The van der Waals surface area contributed by atoms with Crippen LogP contribution in [0.5, 0.6) is 0 Å². The first-order valence-corrected chi connectivity index (χ1v) is 5.40. The van der Waals surface area contributed by atoms with Gasteiger partial charge in [0, 0.05) is 12.0 Å². The van der Waals surface area contributed by atoms with Gasteiger partial charge in [-0.2, -0.15) is 0 Å². The second kappa shape index (κ2) is 4.94. The van der Waals surface area contributed by atoms with Gasteiger partial charge in [0.25, 0.3) is 0 Å². The minimum atomic E-state index is 0.316. The Labute approximate surface area is 86.1 Å². The summed E-state index contributed by atoms with van der Waals surface area (Å²) in [5.41, 5.74) is 3.45. The van der Waals surface area contributed by atoms with Gasteiger partial charge >= 0.3 is 0 Å². The zero-order valence-electron chi connectivity index (χ0n) is 9.26. The minimum absolute atomic E-state index is 0.316. The summed E-state index contributed by atoms with van der Waals surface area (Å²) in [5, 5.41) is 0. The number of hydrogen-bond acceptors (Lipinski definition) is 1. The first kappa shape index (κ1) is 11.0. The predicted octanol–water partition coefficient (Wildman–Crippen LogP) is 3.54. The second-order valence-corrected chi connectivity index (χ2v) is 3.44. The summed E-state index contributed by atoms with van der Waals surface area (Å²) in [6.45, 7) is 6.07. The number of aryl methyl sites for hydroxylation is 2. The van der Waals surface area contributed by atoms with Crippen molar-refractivity contribution in [3.05, 3.63) is 34.9 Å². The van der Waals surface area contributed by atoms with Gasteiger partial charge in [0.2, 0.25) is 0 Å². The van der Waals surface area contributed by atoms with E-state index < -0.39 is 0 Å². The second-order valence-electron chi connectivity index (χ2n) is 3.44. The fraction of sp³-hybridized carbons (Fsp3) is 0.462. The van der Waals surface area contributed by atoms with Gasteiger partial charge in [-0.05, 0) is 25.3 Å². The quantitative estimate of drug-likeness (QED) is 0.611. The lowest BCUT2D eigenvalue weighted by Crippen LogP contribution is -2.10. The standard InChI is InChI=1S/C11H12O.C2H6/c1-8-5-6-10-9(7-8)3-2-4-11(10)12;1-2/h5-7H,2-4H2,1H3;1-2H3. The molecule has 0 bridgehead atoms. The molecule has 1 aliphatic rings. The van der Waals surface area contributed by atoms with Crippen LogP contribution in [-0.2, 0) is 6.42 Å². The fourth-order valence-electron chi connectivity index (χ4n) is 1.78. The number of benzene rings is 1. The Morgan fingerprint density at radius 3 is 2.57 bits per heavy atom. The van der Waals surface area contributed by atoms with Gasteiger partial charge in [0.1, 0.15) is 0 Å². The average molecular weight is 190 g/mol. The predicted molar refractivity (Wildman–Crippen MR) is 59.8 cm³/mol. The average Bonchev–Trinajstić information content (AvgIpc) is 2.21. The number of fused-ring (bicyclic) bond motifs is 1. The maximum atomic E-state index is 11.4. The molecule has 14 heavy (non-hydrogen) atoms.